The zero-order valence-corrected chi connectivity index (χ0v) is 14.4. The molecule has 1 amide bonds. The molecule has 0 aliphatic carbocycles. The average Bonchev–Trinajstić information content (AvgIpc) is 3.12. The van der Waals surface area contributed by atoms with E-state index in [-0.39, 0.29) is 5.91 Å². The van der Waals surface area contributed by atoms with Crippen LogP contribution in [0.1, 0.15) is 27.8 Å². The van der Waals surface area contributed by atoms with Crippen LogP contribution in [-0.4, -0.2) is 28.2 Å². The quantitative estimate of drug-likeness (QED) is 0.738. The molecule has 0 aliphatic heterocycles. The number of hydrogen-bond acceptors (Lipinski definition) is 5. The number of rotatable bonds is 5. The smallest absolute Gasteiger partial charge is 0.252 e. The number of carbonyl (C=O) groups is 1. The molecule has 3 aromatic rings. The molecule has 1 unspecified atom stereocenters. The summed E-state index contributed by atoms with van der Waals surface area (Å²) in [5.41, 5.74) is 1.74. The highest BCUT2D eigenvalue weighted by atomic mass is 16.5. The van der Waals surface area contributed by atoms with E-state index < -0.39 is 6.04 Å². The van der Waals surface area contributed by atoms with Crippen LogP contribution in [0.3, 0.4) is 0 Å². The first kappa shape index (κ1) is 17.2. The van der Waals surface area contributed by atoms with Crippen molar-refractivity contribution in [1.82, 2.24) is 20.5 Å². The van der Waals surface area contributed by atoms with E-state index in [9.17, 15) is 10.1 Å². The third kappa shape index (κ3) is 3.54. The van der Waals surface area contributed by atoms with Crippen molar-refractivity contribution in [2.75, 3.05) is 7.11 Å². The molecular formula is C19H17N5O2. The standard InChI is InChI=1S/C19H17N5O2/c1-12-21-18(24-23-12)13-6-5-7-14(10-13)19(25)22-16(11-20)15-8-3-4-9-17(15)26-2/h3-10,16H,1-2H3,(H,22,25)(H,21,23,24). The summed E-state index contributed by atoms with van der Waals surface area (Å²) in [6.45, 7) is 1.80. The number of aromatic nitrogens is 3. The van der Waals surface area contributed by atoms with Crippen LogP contribution >= 0.6 is 0 Å². The third-order valence-electron chi connectivity index (χ3n) is 3.83. The average molecular weight is 347 g/mol. The van der Waals surface area contributed by atoms with E-state index in [0.717, 1.165) is 0 Å². The summed E-state index contributed by atoms with van der Waals surface area (Å²) in [6, 6.07) is 15.3. The van der Waals surface area contributed by atoms with E-state index in [1.165, 1.54) is 7.11 Å². The highest BCUT2D eigenvalue weighted by molar-refractivity contribution is 5.95. The summed E-state index contributed by atoms with van der Waals surface area (Å²) in [5, 5.41) is 19.1. The van der Waals surface area contributed by atoms with Crippen LogP contribution in [0.4, 0.5) is 0 Å². The molecule has 0 radical (unpaired) electrons. The number of nitrogens with one attached hydrogen (secondary N) is 2. The summed E-state index contributed by atoms with van der Waals surface area (Å²) in [5.74, 6) is 1.38. The summed E-state index contributed by atoms with van der Waals surface area (Å²) < 4.78 is 5.27. The summed E-state index contributed by atoms with van der Waals surface area (Å²) in [7, 11) is 1.53. The van der Waals surface area contributed by atoms with E-state index in [0.29, 0.717) is 34.1 Å². The van der Waals surface area contributed by atoms with Crippen LogP contribution in [0.15, 0.2) is 48.5 Å². The number of para-hydroxylation sites is 1. The number of H-pyrrole nitrogens is 1. The van der Waals surface area contributed by atoms with E-state index in [1.54, 1.807) is 49.4 Å². The third-order valence-corrected chi connectivity index (χ3v) is 3.83. The van der Waals surface area contributed by atoms with Crippen molar-refractivity contribution in [1.29, 1.82) is 5.26 Å². The number of nitriles is 1. The molecule has 1 heterocycles. The Balaban J connectivity index is 1.84. The highest BCUT2D eigenvalue weighted by Crippen LogP contribution is 2.25. The molecule has 3 rings (SSSR count). The fraction of sp³-hybridized carbons (Fsp3) is 0.158. The Morgan fingerprint density at radius 3 is 2.77 bits per heavy atom. The van der Waals surface area contributed by atoms with Crippen molar-refractivity contribution in [3.8, 4) is 23.2 Å². The van der Waals surface area contributed by atoms with Gasteiger partial charge in [0.05, 0.1) is 13.2 Å². The maximum atomic E-state index is 12.6. The van der Waals surface area contributed by atoms with Crippen molar-refractivity contribution >= 4 is 5.91 Å². The van der Waals surface area contributed by atoms with Gasteiger partial charge < -0.3 is 10.1 Å². The number of aromatic amines is 1. The number of amides is 1. The Bertz CT molecular complexity index is 974. The lowest BCUT2D eigenvalue weighted by Crippen LogP contribution is -2.27. The molecule has 0 saturated heterocycles. The number of hydrogen-bond donors (Lipinski definition) is 2. The Morgan fingerprint density at radius 2 is 2.08 bits per heavy atom. The van der Waals surface area contributed by atoms with Gasteiger partial charge in [-0.1, -0.05) is 30.3 Å². The summed E-state index contributed by atoms with van der Waals surface area (Å²) in [6.07, 6.45) is 0. The number of carbonyl (C=O) groups excluding carboxylic acids is 1. The van der Waals surface area contributed by atoms with Crippen LogP contribution in [0, 0.1) is 18.3 Å². The molecule has 2 N–H and O–H groups in total. The van der Waals surface area contributed by atoms with Crippen LogP contribution < -0.4 is 10.1 Å². The first-order valence-corrected chi connectivity index (χ1v) is 7.95. The van der Waals surface area contributed by atoms with Crippen LogP contribution in [0.25, 0.3) is 11.4 Å². The second-order valence-electron chi connectivity index (χ2n) is 5.60. The zero-order chi connectivity index (χ0) is 18.5. The van der Waals surface area contributed by atoms with E-state index in [1.807, 2.05) is 6.07 Å². The minimum absolute atomic E-state index is 0.364. The first-order chi connectivity index (χ1) is 12.6. The molecule has 130 valence electrons. The van der Waals surface area contributed by atoms with Gasteiger partial charge in [-0.15, -0.1) is 0 Å². The maximum Gasteiger partial charge on any atom is 0.252 e. The van der Waals surface area contributed by atoms with E-state index in [2.05, 4.69) is 26.6 Å². The minimum atomic E-state index is -0.826. The molecule has 0 spiro atoms. The van der Waals surface area contributed by atoms with Crippen LogP contribution in [0.2, 0.25) is 0 Å². The highest BCUT2D eigenvalue weighted by Gasteiger charge is 2.19. The largest absolute Gasteiger partial charge is 0.496 e. The Morgan fingerprint density at radius 1 is 1.27 bits per heavy atom. The maximum absolute atomic E-state index is 12.6. The predicted molar refractivity (Wildman–Crippen MR) is 95.4 cm³/mol. The lowest BCUT2D eigenvalue weighted by molar-refractivity contribution is 0.0945. The molecule has 0 bridgehead atoms. The summed E-state index contributed by atoms with van der Waals surface area (Å²) in [4.78, 5) is 16.9. The van der Waals surface area contributed by atoms with Gasteiger partial charge in [0.2, 0.25) is 0 Å². The van der Waals surface area contributed by atoms with Gasteiger partial charge in [0, 0.05) is 16.7 Å². The molecule has 1 atom stereocenters. The molecule has 2 aromatic carbocycles. The van der Waals surface area contributed by atoms with Gasteiger partial charge in [-0.2, -0.15) is 10.4 Å². The second-order valence-corrected chi connectivity index (χ2v) is 5.60. The SMILES string of the molecule is COc1ccccc1C(C#N)NC(=O)c1cccc(-c2n[nH]c(C)n2)c1. The lowest BCUT2D eigenvalue weighted by Gasteiger charge is -2.15. The molecule has 26 heavy (non-hydrogen) atoms. The lowest BCUT2D eigenvalue weighted by atomic mass is 10.1. The van der Waals surface area contributed by atoms with Gasteiger partial charge >= 0.3 is 0 Å². The second kappa shape index (κ2) is 7.49. The van der Waals surface area contributed by atoms with E-state index in [4.69, 9.17) is 4.74 Å². The molecule has 0 saturated carbocycles. The van der Waals surface area contributed by atoms with Gasteiger partial charge in [0.1, 0.15) is 17.6 Å². The van der Waals surface area contributed by atoms with Crippen molar-refractivity contribution in [2.24, 2.45) is 0 Å². The zero-order valence-electron chi connectivity index (χ0n) is 14.4. The number of aryl methyl sites for hydroxylation is 1. The van der Waals surface area contributed by atoms with Crippen LogP contribution in [-0.2, 0) is 0 Å². The number of benzene rings is 2. The van der Waals surface area contributed by atoms with Gasteiger partial charge in [-0.3, -0.25) is 9.89 Å². The Hall–Kier alpha value is -3.66. The van der Waals surface area contributed by atoms with Crippen molar-refractivity contribution in [3.63, 3.8) is 0 Å². The number of nitrogens with zero attached hydrogens (tertiary/aromatic N) is 3. The molecular weight excluding hydrogens is 330 g/mol. The minimum Gasteiger partial charge on any atom is -0.496 e. The van der Waals surface area contributed by atoms with Gasteiger partial charge in [-0.25, -0.2) is 4.98 Å². The fourth-order valence-corrected chi connectivity index (χ4v) is 2.57. The van der Waals surface area contributed by atoms with Gasteiger partial charge in [0.25, 0.3) is 5.91 Å². The number of methoxy groups -OCH3 is 1. The van der Waals surface area contributed by atoms with Gasteiger partial charge in [-0.05, 0) is 25.1 Å². The van der Waals surface area contributed by atoms with Crippen LogP contribution in [0.5, 0.6) is 5.75 Å². The van der Waals surface area contributed by atoms with E-state index >= 15 is 0 Å². The normalized spacial score (nSPS) is 11.4. The monoisotopic (exact) mass is 347 g/mol. The molecule has 7 nitrogen and oxygen atoms in total. The molecule has 0 fully saturated rings. The molecule has 1 aromatic heterocycles. The fourth-order valence-electron chi connectivity index (χ4n) is 2.57. The number of ether oxygens (including phenoxy) is 1. The predicted octanol–water partition coefficient (Wildman–Crippen LogP) is 2.78. The topological polar surface area (TPSA) is 104 Å². The Labute approximate surface area is 150 Å². The van der Waals surface area contributed by atoms with Gasteiger partial charge in [0.15, 0.2) is 5.82 Å². The summed E-state index contributed by atoms with van der Waals surface area (Å²) >= 11 is 0. The first-order valence-electron chi connectivity index (χ1n) is 7.95. The van der Waals surface area contributed by atoms with Crippen molar-refractivity contribution in [2.45, 2.75) is 13.0 Å². The van der Waals surface area contributed by atoms with Crippen molar-refractivity contribution in [3.05, 3.63) is 65.5 Å². The Kier molecular flexibility index (Phi) is 4.94. The van der Waals surface area contributed by atoms with Crippen molar-refractivity contribution < 1.29 is 9.53 Å². The molecule has 7 heteroatoms. The molecule has 0 aliphatic rings.